The summed E-state index contributed by atoms with van der Waals surface area (Å²) in [7, 11) is 0. The highest BCUT2D eigenvalue weighted by Crippen LogP contribution is 2.19. The predicted octanol–water partition coefficient (Wildman–Crippen LogP) is 5.78. The summed E-state index contributed by atoms with van der Waals surface area (Å²) in [5, 5.41) is 36.4. The second kappa shape index (κ2) is 19.9. The molecule has 248 valence electrons. The summed E-state index contributed by atoms with van der Waals surface area (Å²) in [4.78, 5) is 34.9. The highest BCUT2D eigenvalue weighted by Gasteiger charge is 2.17. The van der Waals surface area contributed by atoms with Gasteiger partial charge < -0.3 is 39.4 Å². The van der Waals surface area contributed by atoms with E-state index in [0.29, 0.717) is 6.61 Å². The Kier molecular flexibility index (Phi) is 15.0. The number of hydrogen-bond donors (Lipinski definition) is 4. The average Bonchev–Trinajstić information content (AvgIpc) is 3.11. The summed E-state index contributed by atoms with van der Waals surface area (Å²) in [5.41, 5.74) is 0.193. The van der Waals surface area contributed by atoms with Gasteiger partial charge in [0.1, 0.15) is 59.7 Å². The number of esters is 3. The third-order valence-corrected chi connectivity index (χ3v) is 5.97. The van der Waals surface area contributed by atoms with Crippen LogP contribution in [0.1, 0.15) is 31.1 Å². The normalized spacial score (nSPS) is 9.77. The lowest BCUT2D eigenvalue weighted by Crippen LogP contribution is -2.12. The van der Waals surface area contributed by atoms with Crippen molar-refractivity contribution in [2.75, 3.05) is 26.4 Å². The first-order valence-electron chi connectivity index (χ1n) is 14.5. The Labute approximate surface area is 276 Å². The molecule has 0 aliphatic carbocycles. The van der Waals surface area contributed by atoms with Crippen molar-refractivity contribution < 1.29 is 53.8 Å². The summed E-state index contributed by atoms with van der Waals surface area (Å²) in [6.45, 7) is 0.824. The van der Waals surface area contributed by atoms with Crippen LogP contribution in [0, 0.1) is 0 Å². The van der Waals surface area contributed by atoms with Gasteiger partial charge in [0.2, 0.25) is 0 Å². The summed E-state index contributed by atoms with van der Waals surface area (Å²) in [6.07, 6.45) is 0. The minimum Gasteiger partial charge on any atom is -0.508 e. The molecule has 11 nitrogen and oxygen atoms in total. The van der Waals surface area contributed by atoms with Gasteiger partial charge >= 0.3 is 17.9 Å². The second-order valence-corrected chi connectivity index (χ2v) is 9.44. The van der Waals surface area contributed by atoms with Crippen LogP contribution in [0.15, 0.2) is 133 Å². The zero-order chi connectivity index (χ0) is 34.6. The molecule has 0 amide bonds. The maximum Gasteiger partial charge on any atom is 0.349 e. The molecule has 5 rings (SSSR count). The molecule has 4 N–H and O–H groups in total. The van der Waals surface area contributed by atoms with E-state index in [4.69, 9.17) is 24.4 Å². The Morgan fingerprint density at radius 3 is 1.44 bits per heavy atom. The fourth-order valence-electron chi connectivity index (χ4n) is 3.66. The molecular weight excluding hydrogens is 620 g/mol. The number of carbonyl (C=O) groups excluding carboxylic acids is 3. The van der Waals surface area contributed by atoms with Crippen LogP contribution in [0.5, 0.6) is 28.7 Å². The summed E-state index contributed by atoms with van der Waals surface area (Å²) in [5.74, 6) is -1.16. The van der Waals surface area contributed by atoms with Crippen LogP contribution in [-0.4, -0.2) is 64.8 Å². The molecule has 0 heterocycles. The molecule has 11 heteroatoms. The van der Waals surface area contributed by atoms with Crippen molar-refractivity contribution in [1.29, 1.82) is 0 Å². The molecule has 0 aliphatic rings. The average molecular weight is 655 g/mol. The maximum atomic E-state index is 11.7. The molecule has 5 aromatic carbocycles. The number of aliphatic hydroxyl groups excluding tert-OH is 1. The minimum atomic E-state index is -0.934. The fraction of sp³-hybridized carbons (Fsp3) is 0.108. The molecule has 0 aromatic heterocycles. The Balaban J connectivity index is 0.000000205. The van der Waals surface area contributed by atoms with E-state index >= 15 is 0 Å². The number of aromatic hydroxyl groups is 3. The zero-order valence-corrected chi connectivity index (χ0v) is 25.7. The van der Waals surface area contributed by atoms with Gasteiger partial charge in [-0.25, -0.2) is 14.4 Å². The number of ether oxygens (including phenoxy) is 4. The Hall–Kier alpha value is -6.33. The van der Waals surface area contributed by atoms with E-state index < -0.39 is 17.9 Å². The maximum absolute atomic E-state index is 11.7. The van der Waals surface area contributed by atoms with Gasteiger partial charge in [0.25, 0.3) is 0 Å². The van der Waals surface area contributed by atoms with Crippen LogP contribution < -0.4 is 9.47 Å². The topological polar surface area (TPSA) is 169 Å². The summed E-state index contributed by atoms with van der Waals surface area (Å²) < 4.78 is 20.1. The van der Waals surface area contributed by atoms with Gasteiger partial charge in [-0.05, 0) is 72.8 Å². The van der Waals surface area contributed by atoms with Crippen LogP contribution >= 0.6 is 0 Å². The number of hydrogen-bond acceptors (Lipinski definition) is 11. The van der Waals surface area contributed by atoms with Gasteiger partial charge in [0.05, 0.1) is 12.2 Å². The Morgan fingerprint density at radius 1 is 0.479 bits per heavy atom. The van der Waals surface area contributed by atoms with E-state index in [2.05, 4.69) is 4.74 Å². The summed E-state index contributed by atoms with van der Waals surface area (Å²) in [6, 6.07) is 36.0. The van der Waals surface area contributed by atoms with E-state index in [9.17, 15) is 24.6 Å². The third kappa shape index (κ3) is 12.6. The van der Waals surface area contributed by atoms with Crippen molar-refractivity contribution in [2.45, 2.75) is 0 Å². The quantitative estimate of drug-likeness (QED) is 0.0818. The third-order valence-electron chi connectivity index (χ3n) is 5.97. The summed E-state index contributed by atoms with van der Waals surface area (Å²) >= 11 is 0. The number of carbonyl (C=O) groups is 3. The highest BCUT2D eigenvalue weighted by atomic mass is 16.6. The molecule has 48 heavy (non-hydrogen) atoms. The molecule has 0 saturated heterocycles. The van der Waals surface area contributed by atoms with Gasteiger partial charge in [0.15, 0.2) is 0 Å². The van der Waals surface area contributed by atoms with E-state index in [1.54, 1.807) is 24.3 Å². The molecule has 0 radical (unpaired) electrons. The first kappa shape index (κ1) is 36.1. The first-order chi connectivity index (χ1) is 23.3. The van der Waals surface area contributed by atoms with E-state index in [-0.39, 0.29) is 53.8 Å². The van der Waals surface area contributed by atoms with Gasteiger partial charge in [0, 0.05) is 0 Å². The van der Waals surface area contributed by atoms with E-state index in [1.165, 1.54) is 48.5 Å². The monoisotopic (exact) mass is 654 g/mol. The van der Waals surface area contributed by atoms with Crippen LogP contribution in [-0.2, 0) is 9.47 Å². The van der Waals surface area contributed by atoms with Crippen LogP contribution in [0.2, 0.25) is 0 Å². The van der Waals surface area contributed by atoms with Crippen molar-refractivity contribution in [3.8, 4) is 28.7 Å². The highest BCUT2D eigenvalue weighted by molar-refractivity contribution is 6.03. The first-order valence-corrected chi connectivity index (χ1v) is 14.5. The number of phenolic OH excluding ortho intramolecular Hbond substituents is 3. The minimum absolute atomic E-state index is 0.00332. The largest absolute Gasteiger partial charge is 0.508 e. The molecule has 5 aromatic rings. The molecule has 0 spiro atoms. The SMILES string of the molecule is O=C(OC(=O)c1ccccc1O)c1ccc(O)cc1.O=C(OCCOc1ccccc1)c1ccccc1O.OCCOc1ccccc1. The Morgan fingerprint density at radius 2 is 0.938 bits per heavy atom. The lowest BCUT2D eigenvalue weighted by atomic mass is 10.2. The van der Waals surface area contributed by atoms with Crippen LogP contribution in [0.25, 0.3) is 0 Å². The number of phenols is 3. The van der Waals surface area contributed by atoms with Crippen molar-refractivity contribution in [2.24, 2.45) is 0 Å². The molecule has 0 fully saturated rings. The zero-order valence-electron chi connectivity index (χ0n) is 25.7. The predicted molar refractivity (Wildman–Crippen MR) is 175 cm³/mol. The number of para-hydroxylation sites is 4. The second-order valence-electron chi connectivity index (χ2n) is 9.44. The van der Waals surface area contributed by atoms with Gasteiger partial charge in [-0.2, -0.15) is 0 Å². The number of benzene rings is 5. The van der Waals surface area contributed by atoms with E-state index in [0.717, 1.165) is 11.5 Å². The fourth-order valence-corrected chi connectivity index (χ4v) is 3.66. The van der Waals surface area contributed by atoms with Crippen molar-refractivity contribution in [3.05, 3.63) is 150 Å². The van der Waals surface area contributed by atoms with Crippen LogP contribution in [0.4, 0.5) is 0 Å². The van der Waals surface area contributed by atoms with E-state index in [1.807, 2.05) is 60.7 Å². The van der Waals surface area contributed by atoms with Crippen LogP contribution in [0.3, 0.4) is 0 Å². The molecule has 0 bridgehead atoms. The van der Waals surface area contributed by atoms with Gasteiger partial charge in [-0.1, -0.05) is 60.7 Å². The lowest BCUT2D eigenvalue weighted by molar-refractivity contribution is 0.0393. The number of rotatable bonds is 10. The Bertz CT molecular complexity index is 1710. The van der Waals surface area contributed by atoms with Crippen molar-refractivity contribution in [1.82, 2.24) is 0 Å². The van der Waals surface area contributed by atoms with Gasteiger partial charge in [-0.3, -0.25) is 0 Å². The van der Waals surface area contributed by atoms with Crippen molar-refractivity contribution >= 4 is 17.9 Å². The number of aliphatic hydroxyl groups is 1. The van der Waals surface area contributed by atoms with Gasteiger partial charge in [-0.15, -0.1) is 0 Å². The lowest BCUT2D eigenvalue weighted by Gasteiger charge is -2.07. The molecular formula is C37H34O11. The van der Waals surface area contributed by atoms with Crippen molar-refractivity contribution in [3.63, 3.8) is 0 Å². The molecule has 0 atom stereocenters. The standard InChI is InChI=1S/C15H14O4.C14H10O5.C8H10O2/c16-14-9-5-4-8-13(14)15(17)19-11-10-18-12-6-2-1-3-7-12;15-10-7-5-9(6-8-10)13(17)19-14(18)11-3-1-2-4-12(11)16;9-6-7-10-8-4-2-1-3-5-8/h1-9,16H,10-11H2;1-8,15-16H;1-5,9H,6-7H2. The molecule has 0 unspecified atom stereocenters. The molecule has 0 saturated carbocycles. The smallest absolute Gasteiger partial charge is 0.349 e. The molecule has 0 aliphatic heterocycles.